The van der Waals surface area contributed by atoms with Gasteiger partial charge in [0.05, 0.1) is 5.70 Å². The van der Waals surface area contributed by atoms with E-state index in [1.165, 1.54) is 17.3 Å². The van der Waals surface area contributed by atoms with Gasteiger partial charge >= 0.3 is 0 Å². The molecule has 3 heterocycles. The second kappa shape index (κ2) is 7.97. The summed E-state index contributed by atoms with van der Waals surface area (Å²) in [5, 5.41) is 9.81. The van der Waals surface area contributed by atoms with Gasteiger partial charge in [-0.3, -0.25) is 0 Å². The van der Waals surface area contributed by atoms with Crippen molar-refractivity contribution in [1.29, 1.82) is 0 Å². The molecule has 3 aromatic carbocycles. The number of ether oxygens (including phenoxy) is 1. The van der Waals surface area contributed by atoms with Gasteiger partial charge in [0.2, 0.25) is 11.1 Å². The lowest BCUT2D eigenvalue weighted by molar-refractivity contribution is 0.223. The fourth-order valence-corrected chi connectivity index (χ4v) is 5.10. The highest BCUT2D eigenvalue weighted by atomic mass is 35.5. The van der Waals surface area contributed by atoms with Crippen molar-refractivity contribution in [2.24, 2.45) is 0 Å². The van der Waals surface area contributed by atoms with E-state index in [-0.39, 0.29) is 12.1 Å². The fourth-order valence-electron chi connectivity index (χ4n) is 4.56. The SMILES string of the molecule is CSc1nc2n(n1)[C@@H](c1ccc(C)cc1)C1=C(N2)c2ccccc2O[C@@H]1c1cccc(Cl)c1. The van der Waals surface area contributed by atoms with Crippen LogP contribution in [0.25, 0.3) is 5.70 Å². The van der Waals surface area contributed by atoms with E-state index < -0.39 is 0 Å². The van der Waals surface area contributed by atoms with Gasteiger partial charge in [-0.05, 0) is 48.6 Å². The highest BCUT2D eigenvalue weighted by Crippen LogP contribution is 2.51. The molecule has 0 saturated carbocycles. The minimum absolute atomic E-state index is 0.178. The molecular formula is C26H21ClN4OS. The third-order valence-corrected chi connectivity index (χ3v) is 6.86. The number of halogens is 1. The lowest BCUT2D eigenvalue weighted by Gasteiger charge is -2.39. The second-order valence-corrected chi connectivity index (χ2v) is 9.39. The molecule has 33 heavy (non-hydrogen) atoms. The number of nitrogens with zero attached hydrogens (tertiary/aromatic N) is 3. The summed E-state index contributed by atoms with van der Waals surface area (Å²) in [6.07, 6.45) is 1.66. The van der Waals surface area contributed by atoms with Gasteiger partial charge in [0.15, 0.2) is 0 Å². The summed E-state index contributed by atoms with van der Waals surface area (Å²) in [7, 11) is 0. The van der Waals surface area contributed by atoms with Crippen LogP contribution in [0.4, 0.5) is 5.95 Å². The summed E-state index contributed by atoms with van der Waals surface area (Å²) >= 11 is 7.93. The van der Waals surface area contributed by atoms with Crippen LogP contribution >= 0.6 is 23.4 Å². The van der Waals surface area contributed by atoms with Crippen molar-refractivity contribution < 1.29 is 4.74 Å². The molecule has 5 nitrogen and oxygen atoms in total. The number of anilines is 1. The summed E-state index contributed by atoms with van der Waals surface area (Å²) in [5.41, 5.74) is 6.45. The van der Waals surface area contributed by atoms with Gasteiger partial charge in [-0.15, -0.1) is 5.10 Å². The number of hydrogen-bond donors (Lipinski definition) is 1. The van der Waals surface area contributed by atoms with Crippen LogP contribution in [0, 0.1) is 6.92 Å². The highest BCUT2D eigenvalue weighted by Gasteiger charge is 2.41. The van der Waals surface area contributed by atoms with E-state index in [1.54, 1.807) is 0 Å². The molecular weight excluding hydrogens is 452 g/mol. The molecule has 6 rings (SSSR count). The predicted molar refractivity (Wildman–Crippen MR) is 133 cm³/mol. The van der Waals surface area contributed by atoms with Gasteiger partial charge in [-0.25, -0.2) is 4.68 Å². The van der Waals surface area contributed by atoms with Crippen molar-refractivity contribution in [2.45, 2.75) is 24.2 Å². The van der Waals surface area contributed by atoms with E-state index >= 15 is 0 Å². The van der Waals surface area contributed by atoms with Crippen LogP contribution in [0.5, 0.6) is 5.75 Å². The monoisotopic (exact) mass is 472 g/mol. The van der Waals surface area contributed by atoms with Crippen LogP contribution in [0.3, 0.4) is 0 Å². The van der Waals surface area contributed by atoms with E-state index in [1.807, 2.05) is 47.3 Å². The predicted octanol–water partition coefficient (Wildman–Crippen LogP) is 6.52. The van der Waals surface area contributed by atoms with Gasteiger partial charge in [0.1, 0.15) is 17.9 Å². The molecule has 0 spiro atoms. The van der Waals surface area contributed by atoms with Gasteiger partial charge < -0.3 is 10.1 Å². The minimum Gasteiger partial charge on any atom is -0.480 e. The maximum absolute atomic E-state index is 6.64. The number of nitrogens with one attached hydrogen (secondary N) is 1. The summed E-state index contributed by atoms with van der Waals surface area (Å²) in [6.45, 7) is 2.10. The number of aryl methyl sites for hydroxylation is 1. The average molecular weight is 473 g/mol. The second-order valence-electron chi connectivity index (χ2n) is 8.18. The standard InChI is InChI=1S/C26H21ClN4OS/c1-15-10-12-16(13-11-15)23-21-22(28-25-29-26(33-2)30-31(23)25)19-8-3-4-9-20(19)32-24(21)17-6-5-7-18(27)14-17/h3-14,23-24H,1-2H3,(H,28,29,30)/t23-,24+/m0/s1. The lowest BCUT2D eigenvalue weighted by Crippen LogP contribution is -2.32. The van der Waals surface area contributed by atoms with Crippen LogP contribution in [0.15, 0.2) is 83.5 Å². The molecule has 0 saturated heterocycles. The van der Waals surface area contributed by atoms with E-state index in [0.717, 1.165) is 44.8 Å². The molecule has 1 N–H and O–H groups in total. The van der Waals surface area contributed by atoms with Gasteiger partial charge in [-0.1, -0.05) is 77.5 Å². The Kier molecular flexibility index (Phi) is 4.93. The van der Waals surface area contributed by atoms with Crippen molar-refractivity contribution >= 4 is 35.0 Å². The number of benzene rings is 3. The molecule has 0 unspecified atom stereocenters. The van der Waals surface area contributed by atoms with Crippen molar-refractivity contribution in [3.05, 3.63) is 106 Å². The number of thioether (sulfide) groups is 1. The van der Waals surface area contributed by atoms with Crippen molar-refractivity contribution in [1.82, 2.24) is 14.8 Å². The molecule has 0 amide bonds. The Morgan fingerprint density at radius 3 is 2.61 bits per heavy atom. The van der Waals surface area contributed by atoms with Crippen molar-refractivity contribution in [3.63, 3.8) is 0 Å². The van der Waals surface area contributed by atoms with Crippen LogP contribution in [0.1, 0.15) is 34.4 Å². The van der Waals surface area contributed by atoms with Gasteiger partial charge in [0.25, 0.3) is 0 Å². The lowest BCUT2D eigenvalue weighted by atomic mass is 9.84. The maximum Gasteiger partial charge on any atom is 0.227 e. The largest absolute Gasteiger partial charge is 0.480 e. The zero-order valence-corrected chi connectivity index (χ0v) is 19.7. The Labute approximate surface area is 201 Å². The first-order chi connectivity index (χ1) is 16.1. The Balaban J connectivity index is 1.64. The molecule has 0 fully saturated rings. The smallest absolute Gasteiger partial charge is 0.227 e. The van der Waals surface area contributed by atoms with Gasteiger partial charge in [0, 0.05) is 16.2 Å². The third kappa shape index (κ3) is 3.41. The first-order valence-corrected chi connectivity index (χ1v) is 12.3. The first kappa shape index (κ1) is 20.4. The van der Waals surface area contributed by atoms with Gasteiger partial charge in [-0.2, -0.15) is 4.98 Å². The number of aromatic nitrogens is 3. The Bertz CT molecular complexity index is 1400. The molecule has 2 aliphatic heterocycles. The zero-order valence-electron chi connectivity index (χ0n) is 18.1. The van der Waals surface area contributed by atoms with Crippen LogP contribution in [-0.4, -0.2) is 21.0 Å². The maximum atomic E-state index is 6.64. The molecule has 4 aromatic rings. The fraction of sp³-hybridized carbons (Fsp3) is 0.154. The normalized spacial score (nSPS) is 18.6. The Morgan fingerprint density at radius 2 is 1.82 bits per heavy atom. The number of para-hydroxylation sites is 1. The summed E-state index contributed by atoms with van der Waals surface area (Å²) in [6, 6.07) is 24.4. The molecule has 2 aliphatic rings. The third-order valence-electron chi connectivity index (χ3n) is 6.09. The highest BCUT2D eigenvalue weighted by molar-refractivity contribution is 7.98. The molecule has 0 radical (unpaired) electrons. The van der Waals surface area contributed by atoms with Crippen LogP contribution < -0.4 is 10.1 Å². The van der Waals surface area contributed by atoms with E-state index in [9.17, 15) is 0 Å². The quantitative estimate of drug-likeness (QED) is 0.344. The van der Waals surface area contributed by atoms with Crippen molar-refractivity contribution in [3.8, 4) is 5.75 Å². The summed E-state index contributed by atoms with van der Waals surface area (Å²) < 4.78 is 8.62. The topological polar surface area (TPSA) is 52.0 Å². The molecule has 0 bridgehead atoms. The molecule has 1 aromatic heterocycles. The Morgan fingerprint density at radius 1 is 1.00 bits per heavy atom. The summed E-state index contributed by atoms with van der Waals surface area (Å²) in [4.78, 5) is 4.75. The van der Waals surface area contributed by atoms with Crippen molar-refractivity contribution in [2.75, 3.05) is 11.6 Å². The molecule has 2 atom stereocenters. The van der Waals surface area contributed by atoms with E-state index in [4.69, 9.17) is 26.4 Å². The first-order valence-electron chi connectivity index (χ1n) is 10.7. The average Bonchev–Trinajstić information content (AvgIpc) is 3.26. The Hall–Kier alpha value is -3.22. The van der Waals surface area contributed by atoms with E-state index in [2.05, 4.69) is 48.6 Å². The van der Waals surface area contributed by atoms with Crippen LogP contribution in [0.2, 0.25) is 5.02 Å². The molecule has 164 valence electrons. The molecule has 7 heteroatoms. The number of rotatable bonds is 3. The number of hydrogen-bond acceptors (Lipinski definition) is 5. The summed E-state index contributed by atoms with van der Waals surface area (Å²) in [5.74, 6) is 1.56. The zero-order chi connectivity index (χ0) is 22.5. The minimum atomic E-state index is -0.331. The van der Waals surface area contributed by atoms with E-state index in [0.29, 0.717) is 5.02 Å². The number of fused-ring (bicyclic) bond motifs is 3. The van der Waals surface area contributed by atoms with Crippen LogP contribution in [-0.2, 0) is 0 Å². The molecule has 0 aliphatic carbocycles.